The van der Waals surface area contributed by atoms with Gasteiger partial charge in [0, 0.05) is 31.9 Å². The smallest absolute Gasteiger partial charge is 0.424 e. The number of para-hydroxylation sites is 3. The molecule has 2 aliphatic heterocycles. The predicted octanol–water partition coefficient (Wildman–Crippen LogP) is 3.21. The molecule has 2 aromatic carbocycles. The fraction of sp³-hybridized carbons (Fsp3) is 0.316. The lowest BCUT2D eigenvalue weighted by atomic mass is 10.2. The average Bonchev–Trinajstić information content (AvgIpc) is 3.08. The number of alkyl halides is 3. The van der Waals surface area contributed by atoms with Crippen molar-refractivity contribution in [3.8, 4) is 11.5 Å². The number of ether oxygens (including phenoxy) is 2. The number of nitrogens with one attached hydrogen (secondary N) is 1. The molecule has 4 rings (SSSR count). The van der Waals surface area contributed by atoms with E-state index in [2.05, 4.69) is 4.90 Å². The highest BCUT2D eigenvalue weighted by Crippen LogP contribution is 2.44. The molecule has 1 saturated heterocycles. The number of carbonyl (C=O) groups excluding carboxylic acids is 1. The Labute approximate surface area is 159 Å². The van der Waals surface area contributed by atoms with Crippen LogP contribution in [0.5, 0.6) is 11.5 Å². The lowest BCUT2D eigenvalue weighted by Gasteiger charge is -2.38. The SMILES string of the molecule is O=C(NC1(C(F)(F)F)Oc2ccccc2O1)N1CCN(c2ccccc2)CC1. The standard InChI is InChI=1S/C19H18F3N3O3/c20-18(21,22)19(27-15-8-4-5-9-16(15)28-19)23-17(26)25-12-10-24(11-13-25)14-6-2-1-3-7-14/h1-9H,10-13H2,(H,23,26). The van der Waals surface area contributed by atoms with Gasteiger partial charge in [0.1, 0.15) is 0 Å². The van der Waals surface area contributed by atoms with Gasteiger partial charge in [0.2, 0.25) is 0 Å². The Morgan fingerprint density at radius 1 is 0.893 bits per heavy atom. The van der Waals surface area contributed by atoms with Crippen molar-refractivity contribution in [3.05, 3.63) is 54.6 Å². The first kappa shape index (κ1) is 18.3. The minimum Gasteiger partial charge on any atom is -0.424 e. The summed E-state index contributed by atoms with van der Waals surface area (Å²) in [7, 11) is 0. The first-order chi connectivity index (χ1) is 13.4. The minimum absolute atomic E-state index is 0.0750. The number of halogens is 3. The highest BCUT2D eigenvalue weighted by Gasteiger charge is 2.66. The molecule has 2 heterocycles. The molecular formula is C19H18F3N3O3. The number of nitrogens with zero attached hydrogens (tertiary/aromatic N) is 2. The van der Waals surface area contributed by atoms with Crippen LogP contribution in [-0.4, -0.2) is 49.2 Å². The highest BCUT2D eigenvalue weighted by molar-refractivity contribution is 5.75. The van der Waals surface area contributed by atoms with Crippen molar-refractivity contribution in [1.29, 1.82) is 0 Å². The van der Waals surface area contributed by atoms with Crippen LogP contribution in [0.4, 0.5) is 23.7 Å². The molecule has 0 aromatic heterocycles. The molecular weight excluding hydrogens is 375 g/mol. The topological polar surface area (TPSA) is 54.0 Å². The lowest BCUT2D eigenvalue weighted by molar-refractivity contribution is -0.318. The van der Waals surface area contributed by atoms with Crippen molar-refractivity contribution in [2.45, 2.75) is 12.1 Å². The maximum atomic E-state index is 13.7. The second-order valence-corrected chi connectivity index (χ2v) is 6.50. The van der Waals surface area contributed by atoms with Gasteiger partial charge in [-0.2, -0.15) is 13.2 Å². The van der Waals surface area contributed by atoms with Gasteiger partial charge in [0.15, 0.2) is 11.5 Å². The molecule has 1 N–H and O–H groups in total. The van der Waals surface area contributed by atoms with Gasteiger partial charge < -0.3 is 19.3 Å². The molecule has 0 saturated carbocycles. The Balaban J connectivity index is 1.44. The van der Waals surface area contributed by atoms with Gasteiger partial charge in [-0.15, -0.1) is 0 Å². The van der Waals surface area contributed by atoms with Gasteiger partial charge in [-0.05, 0) is 24.3 Å². The third kappa shape index (κ3) is 3.28. The molecule has 0 atom stereocenters. The van der Waals surface area contributed by atoms with Crippen molar-refractivity contribution in [2.24, 2.45) is 0 Å². The van der Waals surface area contributed by atoms with Crippen LogP contribution in [0.3, 0.4) is 0 Å². The van der Waals surface area contributed by atoms with Crippen molar-refractivity contribution < 1.29 is 27.4 Å². The van der Waals surface area contributed by atoms with Crippen molar-refractivity contribution >= 4 is 11.7 Å². The molecule has 0 aliphatic carbocycles. The van der Waals surface area contributed by atoms with Crippen LogP contribution in [0.25, 0.3) is 0 Å². The third-order valence-corrected chi connectivity index (χ3v) is 4.69. The summed E-state index contributed by atoms with van der Waals surface area (Å²) in [4.78, 5) is 15.9. The van der Waals surface area contributed by atoms with E-state index in [0.29, 0.717) is 13.1 Å². The number of rotatable bonds is 2. The van der Waals surface area contributed by atoms with E-state index >= 15 is 0 Å². The Morgan fingerprint density at radius 3 is 1.96 bits per heavy atom. The lowest BCUT2D eigenvalue weighted by Crippen LogP contribution is -2.67. The van der Waals surface area contributed by atoms with Gasteiger partial charge in [0.25, 0.3) is 0 Å². The number of hydrogen-bond acceptors (Lipinski definition) is 4. The van der Waals surface area contributed by atoms with Crippen LogP contribution in [0.2, 0.25) is 0 Å². The fourth-order valence-electron chi connectivity index (χ4n) is 3.21. The minimum atomic E-state index is -4.96. The Kier molecular flexibility index (Phi) is 4.44. The first-order valence-corrected chi connectivity index (χ1v) is 8.79. The Hall–Kier alpha value is -3.10. The number of urea groups is 1. The zero-order chi connectivity index (χ0) is 19.8. The number of hydrogen-bond donors (Lipinski definition) is 1. The van der Waals surface area contributed by atoms with E-state index in [1.54, 1.807) is 0 Å². The summed E-state index contributed by atoms with van der Waals surface area (Å²) in [6.07, 6.45) is -4.96. The van der Waals surface area contributed by atoms with Crippen molar-refractivity contribution in [1.82, 2.24) is 10.2 Å². The van der Waals surface area contributed by atoms with Crippen LogP contribution < -0.4 is 19.7 Å². The zero-order valence-electron chi connectivity index (χ0n) is 14.8. The quantitative estimate of drug-likeness (QED) is 0.852. The number of piperazine rings is 1. The molecule has 0 unspecified atom stereocenters. The largest absolute Gasteiger partial charge is 0.492 e. The van der Waals surface area contributed by atoms with Crippen LogP contribution in [0.15, 0.2) is 54.6 Å². The molecule has 2 aliphatic rings. The van der Waals surface area contributed by atoms with Gasteiger partial charge in [-0.25, -0.2) is 4.79 Å². The van der Waals surface area contributed by atoms with Gasteiger partial charge in [-0.1, -0.05) is 30.3 Å². The first-order valence-electron chi connectivity index (χ1n) is 8.79. The fourth-order valence-corrected chi connectivity index (χ4v) is 3.21. The maximum Gasteiger partial charge on any atom is 0.492 e. The molecule has 0 spiro atoms. The van der Waals surface area contributed by atoms with E-state index in [9.17, 15) is 18.0 Å². The van der Waals surface area contributed by atoms with E-state index < -0.39 is 18.1 Å². The summed E-state index contributed by atoms with van der Waals surface area (Å²) < 4.78 is 51.1. The van der Waals surface area contributed by atoms with E-state index in [1.165, 1.54) is 29.2 Å². The summed E-state index contributed by atoms with van der Waals surface area (Å²) in [5.74, 6) is -3.38. The third-order valence-electron chi connectivity index (χ3n) is 4.69. The van der Waals surface area contributed by atoms with Crippen LogP contribution >= 0.6 is 0 Å². The molecule has 0 bridgehead atoms. The Morgan fingerprint density at radius 2 is 1.43 bits per heavy atom. The van der Waals surface area contributed by atoms with Crippen LogP contribution in [0.1, 0.15) is 0 Å². The van der Waals surface area contributed by atoms with Crippen molar-refractivity contribution in [2.75, 3.05) is 31.1 Å². The number of anilines is 1. The van der Waals surface area contributed by atoms with Gasteiger partial charge in [0.05, 0.1) is 0 Å². The average molecular weight is 393 g/mol. The predicted molar refractivity (Wildman–Crippen MR) is 95.2 cm³/mol. The monoisotopic (exact) mass is 393 g/mol. The van der Waals surface area contributed by atoms with E-state index in [0.717, 1.165) is 5.69 Å². The molecule has 0 radical (unpaired) electrons. The summed E-state index contributed by atoms with van der Waals surface area (Å²) in [6.45, 7) is 1.58. The normalized spacial score (nSPS) is 18.1. The molecule has 148 valence electrons. The van der Waals surface area contributed by atoms with E-state index in [1.807, 2.05) is 35.6 Å². The number of carbonyl (C=O) groups is 1. The maximum absolute atomic E-state index is 13.7. The second-order valence-electron chi connectivity index (χ2n) is 6.50. The van der Waals surface area contributed by atoms with Crippen molar-refractivity contribution in [3.63, 3.8) is 0 Å². The number of amides is 2. The summed E-state index contributed by atoms with van der Waals surface area (Å²) in [6, 6.07) is 14.5. The molecule has 9 heteroatoms. The molecule has 6 nitrogen and oxygen atoms in total. The molecule has 2 amide bonds. The second kappa shape index (κ2) is 6.81. The summed E-state index contributed by atoms with van der Waals surface area (Å²) >= 11 is 0. The summed E-state index contributed by atoms with van der Waals surface area (Å²) in [5, 5.41) is 1.90. The Bertz CT molecular complexity index is 827. The van der Waals surface area contributed by atoms with Crippen LogP contribution in [-0.2, 0) is 0 Å². The number of fused-ring (bicyclic) bond motifs is 1. The molecule has 1 fully saturated rings. The van der Waals surface area contributed by atoms with E-state index in [4.69, 9.17) is 9.47 Å². The highest BCUT2D eigenvalue weighted by atomic mass is 19.4. The van der Waals surface area contributed by atoms with Gasteiger partial charge >= 0.3 is 18.1 Å². The summed E-state index contributed by atoms with van der Waals surface area (Å²) in [5.41, 5.74) is 1.01. The number of benzene rings is 2. The van der Waals surface area contributed by atoms with Crippen LogP contribution in [0, 0.1) is 0 Å². The van der Waals surface area contributed by atoms with E-state index in [-0.39, 0.29) is 24.6 Å². The molecule has 28 heavy (non-hydrogen) atoms. The molecule has 2 aromatic rings. The van der Waals surface area contributed by atoms with Gasteiger partial charge in [-0.3, -0.25) is 5.32 Å². The zero-order valence-corrected chi connectivity index (χ0v) is 14.8.